The number of hydrogen-bond acceptors (Lipinski definition) is 2. The summed E-state index contributed by atoms with van der Waals surface area (Å²) in [4.78, 5) is 0. The summed E-state index contributed by atoms with van der Waals surface area (Å²) < 4.78 is 13.8. The van der Waals surface area contributed by atoms with E-state index in [0.29, 0.717) is 17.2 Å². The highest BCUT2D eigenvalue weighted by atomic mass is 19.1. The van der Waals surface area contributed by atoms with Gasteiger partial charge in [-0.1, -0.05) is 12.8 Å². The Hall–Kier alpha value is -1.56. The average Bonchev–Trinajstić information content (AvgIpc) is 3.28. The molecule has 0 saturated heterocycles. The highest BCUT2D eigenvalue weighted by Gasteiger charge is 2.34. The highest BCUT2D eigenvalue weighted by molar-refractivity contribution is 5.56. The monoisotopic (exact) mass is 272 g/mol. The minimum absolute atomic E-state index is 0.291. The quantitative estimate of drug-likeness (QED) is 0.886. The number of nitrogens with one attached hydrogen (secondary N) is 1. The Labute approximate surface area is 120 Å². The summed E-state index contributed by atoms with van der Waals surface area (Å²) in [5, 5.41) is 12.4. The zero-order valence-corrected chi connectivity index (χ0v) is 12.0. The van der Waals surface area contributed by atoms with Gasteiger partial charge in [0.2, 0.25) is 0 Å². The fraction of sp³-hybridized carbons (Fsp3) is 0.588. The molecule has 3 rings (SSSR count). The Kier molecular flexibility index (Phi) is 3.65. The van der Waals surface area contributed by atoms with Crippen molar-refractivity contribution in [3.8, 4) is 6.07 Å². The number of nitrogens with zero attached hydrogens (tertiary/aromatic N) is 1. The number of benzene rings is 1. The third-order valence-corrected chi connectivity index (χ3v) is 4.84. The van der Waals surface area contributed by atoms with Gasteiger partial charge in [0.25, 0.3) is 0 Å². The van der Waals surface area contributed by atoms with Gasteiger partial charge in [0.15, 0.2) is 0 Å². The van der Waals surface area contributed by atoms with Gasteiger partial charge in [0.1, 0.15) is 5.82 Å². The average molecular weight is 272 g/mol. The van der Waals surface area contributed by atoms with Crippen LogP contribution in [0.4, 0.5) is 10.1 Å². The van der Waals surface area contributed by atoms with E-state index >= 15 is 0 Å². The van der Waals surface area contributed by atoms with E-state index in [9.17, 15) is 4.39 Å². The maximum Gasteiger partial charge on any atom is 0.129 e. The van der Waals surface area contributed by atoms with E-state index in [1.165, 1.54) is 38.2 Å². The molecule has 2 unspecified atom stereocenters. The van der Waals surface area contributed by atoms with Crippen LogP contribution in [0.2, 0.25) is 0 Å². The van der Waals surface area contributed by atoms with Crippen molar-refractivity contribution < 1.29 is 4.39 Å². The van der Waals surface area contributed by atoms with Crippen molar-refractivity contribution in [2.45, 2.75) is 51.5 Å². The molecule has 2 aliphatic rings. The zero-order chi connectivity index (χ0) is 14.1. The van der Waals surface area contributed by atoms with Crippen LogP contribution in [0, 0.1) is 35.9 Å². The van der Waals surface area contributed by atoms with Crippen LogP contribution in [-0.4, -0.2) is 6.04 Å². The second-order valence-corrected chi connectivity index (χ2v) is 6.35. The molecule has 0 heterocycles. The summed E-state index contributed by atoms with van der Waals surface area (Å²) in [6.45, 7) is 1.78. The summed E-state index contributed by atoms with van der Waals surface area (Å²) >= 11 is 0. The minimum atomic E-state index is -0.291. The molecule has 2 aliphatic carbocycles. The van der Waals surface area contributed by atoms with Gasteiger partial charge in [-0.05, 0) is 56.6 Å². The lowest BCUT2D eigenvalue weighted by atomic mass is 9.82. The smallest absolute Gasteiger partial charge is 0.129 e. The predicted molar refractivity (Wildman–Crippen MR) is 77.9 cm³/mol. The molecule has 3 heteroatoms. The van der Waals surface area contributed by atoms with E-state index in [1.807, 2.05) is 6.07 Å². The van der Waals surface area contributed by atoms with Crippen molar-refractivity contribution in [1.29, 1.82) is 5.26 Å². The van der Waals surface area contributed by atoms with Crippen LogP contribution in [0.1, 0.15) is 49.7 Å². The molecule has 0 radical (unpaired) electrons. The molecule has 2 atom stereocenters. The summed E-state index contributed by atoms with van der Waals surface area (Å²) in [5.41, 5.74) is 1.81. The second-order valence-electron chi connectivity index (χ2n) is 6.35. The number of hydrogen-bond donors (Lipinski definition) is 1. The first-order valence-corrected chi connectivity index (χ1v) is 7.64. The Morgan fingerprint density at radius 3 is 2.70 bits per heavy atom. The molecule has 0 aliphatic heterocycles. The molecular formula is C17H21FN2. The zero-order valence-electron chi connectivity index (χ0n) is 12.0. The van der Waals surface area contributed by atoms with Crippen molar-refractivity contribution in [1.82, 2.24) is 0 Å². The Bertz CT molecular complexity index is 543. The lowest BCUT2D eigenvalue weighted by Gasteiger charge is -2.31. The molecule has 0 bridgehead atoms. The molecule has 2 fully saturated rings. The molecule has 2 saturated carbocycles. The summed E-state index contributed by atoms with van der Waals surface area (Å²) in [6.07, 6.45) is 7.76. The van der Waals surface area contributed by atoms with E-state index in [0.717, 1.165) is 23.9 Å². The predicted octanol–water partition coefficient (Wildman–Crippen LogP) is 4.39. The standard InChI is InChI=1S/C17H21FN2/c1-11-16(18)7-12(10-19)8-17(11)20-15-4-2-3-14(9-15)13-5-6-13/h7-8,13-15,20H,2-6,9H2,1H3. The molecule has 0 amide bonds. The minimum Gasteiger partial charge on any atom is -0.382 e. The fourth-order valence-corrected chi connectivity index (χ4v) is 3.47. The van der Waals surface area contributed by atoms with E-state index in [2.05, 4.69) is 5.32 Å². The fourth-order valence-electron chi connectivity index (χ4n) is 3.47. The third-order valence-electron chi connectivity index (χ3n) is 4.84. The number of halogens is 1. The molecule has 0 spiro atoms. The van der Waals surface area contributed by atoms with Gasteiger partial charge in [-0.3, -0.25) is 0 Å². The first-order valence-electron chi connectivity index (χ1n) is 7.64. The molecule has 1 N–H and O–H groups in total. The Balaban J connectivity index is 1.73. The van der Waals surface area contributed by atoms with Crippen molar-refractivity contribution in [3.05, 3.63) is 29.1 Å². The molecule has 106 valence electrons. The molecule has 1 aromatic carbocycles. The SMILES string of the molecule is Cc1c(F)cc(C#N)cc1NC1CCCC(C2CC2)C1. The normalized spacial score (nSPS) is 26.1. The topological polar surface area (TPSA) is 35.8 Å². The number of anilines is 1. The second kappa shape index (κ2) is 5.44. The Morgan fingerprint density at radius 1 is 1.20 bits per heavy atom. The summed E-state index contributed by atoms with van der Waals surface area (Å²) in [6, 6.07) is 5.55. The lowest BCUT2D eigenvalue weighted by Crippen LogP contribution is -2.28. The van der Waals surface area contributed by atoms with E-state index in [4.69, 9.17) is 5.26 Å². The molecule has 0 aromatic heterocycles. The first-order chi connectivity index (χ1) is 9.67. The van der Waals surface area contributed by atoms with Crippen molar-refractivity contribution in [2.75, 3.05) is 5.32 Å². The van der Waals surface area contributed by atoms with Gasteiger partial charge in [-0.2, -0.15) is 5.26 Å². The van der Waals surface area contributed by atoms with Gasteiger partial charge < -0.3 is 5.32 Å². The summed E-state index contributed by atoms with van der Waals surface area (Å²) in [5.74, 6) is 1.51. The number of rotatable bonds is 3. The molecular weight excluding hydrogens is 251 g/mol. The molecule has 20 heavy (non-hydrogen) atoms. The maximum absolute atomic E-state index is 13.8. The van der Waals surface area contributed by atoms with Crippen molar-refractivity contribution >= 4 is 5.69 Å². The van der Waals surface area contributed by atoms with Gasteiger partial charge >= 0.3 is 0 Å². The highest BCUT2D eigenvalue weighted by Crippen LogP contribution is 2.44. The maximum atomic E-state index is 13.8. The van der Waals surface area contributed by atoms with Crippen LogP contribution in [-0.2, 0) is 0 Å². The lowest BCUT2D eigenvalue weighted by molar-refractivity contribution is 0.303. The summed E-state index contributed by atoms with van der Waals surface area (Å²) in [7, 11) is 0. The van der Waals surface area contributed by atoms with Gasteiger partial charge in [0.05, 0.1) is 11.6 Å². The number of nitriles is 1. The van der Waals surface area contributed by atoms with Crippen molar-refractivity contribution in [3.63, 3.8) is 0 Å². The third kappa shape index (κ3) is 2.80. The van der Waals surface area contributed by atoms with Crippen LogP contribution in [0.5, 0.6) is 0 Å². The largest absolute Gasteiger partial charge is 0.382 e. The van der Waals surface area contributed by atoms with Crippen LogP contribution in [0.25, 0.3) is 0 Å². The van der Waals surface area contributed by atoms with E-state index < -0.39 is 0 Å². The van der Waals surface area contributed by atoms with Gasteiger partial charge in [-0.15, -0.1) is 0 Å². The first kappa shape index (κ1) is 13.4. The van der Waals surface area contributed by atoms with Gasteiger partial charge in [-0.25, -0.2) is 4.39 Å². The van der Waals surface area contributed by atoms with Crippen LogP contribution < -0.4 is 5.32 Å². The van der Waals surface area contributed by atoms with Crippen LogP contribution in [0.15, 0.2) is 12.1 Å². The Morgan fingerprint density at radius 2 is 2.00 bits per heavy atom. The van der Waals surface area contributed by atoms with Crippen LogP contribution in [0.3, 0.4) is 0 Å². The van der Waals surface area contributed by atoms with Crippen LogP contribution >= 0.6 is 0 Å². The van der Waals surface area contributed by atoms with Crippen molar-refractivity contribution in [2.24, 2.45) is 11.8 Å². The molecule has 1 aromatic rings. The van der Waals surface area contributed by atoms with E-state index in [-0.39, 0.29) is 5.82 Å². The van der Waals surface area contributed by atoms with Gasteiger partial charge in [0, 0.05) is 17.3 Å². The van der Waals surface area contributed by atoms with E-state index in [1.54, 1.807) is 13.0 Å². The molecule has 2 nitrogen and oxygen atoms in total.